The molecule has 0 amide bonds. The molecule has 0 aliphatic heterocycles. The van der Waals surface area contributed by atoms with Gasteiger partial charge in [0.05, 0.1) is 12.8 Å². The van der Waals surface area contributed by atoms with E-state index in [-0.39, 0.29) is 46.4 Å². The van der Waals surface area contributed by atoms with Crippen LogP contribution in [0.4, 0.5) is 0 Å². The molecule has 0 atom stereocenters. The first-order valence-corrected chi connectivity index (χ1v) is 21.3. The molecular weight excluding hydrogens is 729 g/mol. The van der Waals surface area contributed by atoms with Crippen LogP contribution in [0.3, 0.4) is 0 Å². The van der Waals surface area contributed by atoms with Gasteiger partial charge in [-0.15, -0.1) is 0 Å². The van der Waals surface area contributed by atoms with Crippen LogP contribution in [0.5, 0.6) is 23.0 Å². The van der Waals surface area contributed by atoms with Gasteiger partial charge in [-0.25, -0.2) is 0 Å². The lowest BCUT2D eigenvalue weighted by atomic mass is 9.78. The Labute approximate surface area is 346 Å². The molecule has 0 bridgehead atoms. The molecule has 2 N–H and O–H groups in total. The molecule has 0 heterocycles. The van der Waals surface area contributed by atoms with Crippen molar-refractivity contribution in [1.29, 1.82) is 0 Å². The maximum absolute atomic E-state index is 13.1. The number of phenols is 2. The van der Waals surface area contributed by atoms with Crippen molar-refractivity contribution in [3.05, 3.63) is 116 Å². The molecule has 0 saturated carbocycles. The van der Waals surface area contributed by atoms with E-state index >= 15 is 0 Å². The number of ether oxygens (including phenoxy) is 2. The number of aryl methyl sites for hydroxylation is 2. The molecule has 7 heteroatoms. The quantitative estimate of drug-likeness (QED) is 0.0838. The normalized spacial score (nSPS) is 12.5. The van der Waals surface area contributed by atoms with Gasteiger partial charge in [-0.05, 0) is 92.1 Å². The van der Waals surface area contributed by atoms with E-state index in [1.54, 1.807) is 0 Å². The third kappa shape index (κ3) is 12.4. The van der Waals surface area contributed by atoms with Crippen molar-refractivity contribution in [2.45, 2.75) is 144 Å². The number of hydrogen-bond donors (Lipinski definition) is 2. The molecule has 0 saturated heterocycles. The van der Waals surface area contributed by atoms with E-state index in [2.05, 4.69) is 119 Å². The predicted molar refractivity (Wildman–Crippen MR) is 237 cm³/mol. The van der Waals surface area contributed by atoms with Crippen LogP contribution in [0, 0.1) is 13.8 Å². The van der Waals surface area contributed by atoms with Crippen LogP contribution in [0.25, 0.3) is 0 Å². The Morgan fingerprint density at radius 1 is 0.509 bits per heavy atom. The van der Waals surface area contributed by atoms with E-state index in [1.807, 2.05) is 38.1 Å². The molecule has 6 nitrogen and oxygen atoms in total. The first kappa shape index (κ1) is 45.5. The number of carbonyl (C=O) groups is 2. The lowest BCUT2D eigenvalue weighted by Crippen LogP contribution is -2.18. The molecule has 4 aromatic carbocycles. The first-order valence-electron chi connectivity index (χ1n) is 20.2. The molecule has 57 heavy (non-hydrogen) atoms. The molecular formula is C50H66O6S. The van der Waals surface area contributed by atoms with Crippen LogP contribution in [0.2, 0.25) is 0 Å². The minimum absolute atomic E-state index is 0.205. The van der Waals surface area contributed by atoms with Gasteiger partial charge in [0.15, 0.2) is 0 Å². The van der Waals surface area contributed by atoms with Crippen LogP contribution in [0.15, 0.2) is 60.7 Å². The minimum atomic E-state index is -0.325. The van der Waals surface area contributed by atoms with Gasteiger partial charge >= 0.3 is 11.9 Å². The summed E-state index contributed by atoms with van der Waals surface area (Å²) in [7, 11) is 0. The number of thioether (sulfide) groups is 1. The molecule has 0 aromatic heterocycles. The summed E-state index contributed by atoms with van der Waals surface area (Å²) >= 11 is 1.52. The Morgan fingerprint density at radius 2 is 0.807 bits per heavy atom. The summed E-state index contributed by atoms with van der Waals surface area (Å²) in [4.78, 5) is 26.1. The van der Waals surface area contributed by atoms with Crippen molar-refractivity contribution in [1.82, 2.24) is 0 Å². The highest BCUT2D eigenvalue weighted by molar-refractivity contribution is 7.99. The van der Waals surface area contributed by atoms with Crippen molar-refractivity contribution in [2.75, 3.05) is 11.5 Å². The minimum Gasteiger partial charge on any atom is -0.507 e. The average molecular weight is 795 g/mol. The lowest BCUT2D eigenvalue weighted by Gasteiger charge is -2.28. The molecule has 0 fully saturated rings. The second-order valence-corrected chi connectivity index (χ2v) is 20.9. The van der Waals surface area contributed by atoms with Gasteiger partial charge in [0, 0.05) is 24.3 Å². The van der Waals surface area contributed by atoms with Crippen LogP contribution < -0.4 is 9.47 Å². The van der Waals surface area contributed by atoms with Crippen molar-refractivity contribution >= 4 is 23.7 Å². The van der Waals surface area contributed by atoms with Gasteiger partial charge in [0.25, 0.3) is 0 Å². The largest absolute Gasteiger partial charge is 0.507 e. The molecule has 0 radical (unpaired) electrons. The average Bonchev–Trinajstić information content (AvgIpc) is 3.06. The van der Waals surface area contributed by atoms with Crippen LogP contribution in [-0.4, -0.2) is 33.7 Å². The summed E-state index contributed by atoms with van der Waals surface area (Å²) in [5.41, 5.74) is 8.67. The van der Waals surface area contributed by atoms with Gasteiger partial charge in [-0.3, -0.25) is 9.59 Å². The van der Waals surface area contributed by atoms with Crippen molar-refractivity contribution in [3.8, 4) is 23.0 Å². The Hall–Kier alpha value is -4.23. The fourth-order valence-corrected chi connectivity index (χ4v) is 7.80. The third-order valence-corrected chi connectivity index (χ3v) is 11.1. The van der Waals surface area contributed by atoms with E-state index in [0.29, 0.717) is 47.3 Å². The van der Waals surface area contributed by atoms with Crippen LogP contribution >= 0.6 is 11.8 Å². The maximum atomic E-state index is 13.1. The van der Waals surface area contributed by atoms with E-state index in [0.717, 1.165) is 55.6 Å². The highest BCUT2D eigenvalue weighted by Crippen LogP contribution is 2.42. The second kappa shape index (κ2) is 17.7. The Morgan fingerprint density at radius 3 is 1.09 bits per heavy atom. The smallest absolute Gasteiger partial charge is 0.312 e. The van der Waals surface area contributed by atoms with Gasteiger partial charge in [0.1, 0.15) is 23.0 Å². The first-order chi connectivity index (χ1) is 26.2. The monoisotopic (exact) mass is 794 g/mol. The SMILES string of the molecule is Cc1ccc(OC(=O)CCSCCC(=O)Oc2ccc(C)cc2Cc2cc(C(C)(C)C)c(O)c(C(C)(C)C)c2)c(Cc2cc(C(C)(C)C)c(O)c(C(C)(C)C)c2)c1. The topological polar surface area (TPSA) is 93.1 Å². The van der Waals surface area contributed by atoms with Crippen molar-refractivity contribution in [2.24, 2.45) is 0 Å². The number of aromatic hydroxyl groups is 2. The molecule has 308 valence electrons. The molecule has 0 spiro atoms. The second-order valence-electron chi connectivity index (χ2n) is 19.7. The summed E-state index contributed by atoms with van der Waals surface area (Å²) < 4.78 is 11.8. The van der Waals surface area contributed by atoms with Crippen molar-refractivity contribution < 1.29 is 29.3 Å². The third-order valence-electron chi connectivity index (χ3n) is 10.1. The standard InChI is InChI=1S/C50H66O6S/c1-31-15-17-41(35(23-31)25-33-27-37(47(3,4)5)45(53)38(28-33)48(6,7)8)55-43(51)19-21-57-22-20-44(52)56-42-18-16-32(2)24-36(42)26-34-29-39(49(9,10)11)46(54)40(30-34)50(12,13)14/h15-18,23-24,27-30,53-54H,19-22,25-26H2,1-14H3. The van der Waals surface area contributed by atoms with Crippen LogP contribution in [-0.2, 0) is 44.1 Å². The van der Waals surface area contributed by atoms with E-state index in [9.17, 15) is 19.8 Å². The van der Waals surface area contributed by atoms with E-state index in [1.165, 1.54) is 11.8 Å². The number of benzene rings is 4. The molecule has 4 aromatic rings. The highest BCUT2D eigenvalue weighted by atomic mass is 32.2. The van der Waals surface area contributed by atoms with Gasteiger partial charge in [0.2, 0.25) is 0 Å². The molecule has 0 aliphatic carbocycles. The fraction of sp³-hybridized carbons (Fsp3) is 0.480. The Bertz CT molecular complexity index is 1860. The zero-order chi connectivity index (χ0) is 42.7. The maximum Gasteiger partial charge on any atom is 0.312 e. The summed E-state index contributed by atoms with van der Waals surface area (Å²) in [6.45, 7) is 29.3. The lowest BCUT2D eigenvalue weighted by molar-refractivity contribution is -0.134. The number of esters is 2. The Balaban J connectivity index is 1.37. The van der Waals surface area contributed by atoms with E-state index in [4.69, 9.17) is 9.47 Å². The summed E-state index contributed by atoms with van der Waals surface area (Å²) in [6, 6.07) is 20.0. The molecule has 0 unspecified atom stereocenters. The number of carbonyl (C=O) groups excluding carboxylic acids is 2. The fourth-order valence-electron chi connectivity index (χ4n) is 6.97. The predicted octanol–water partition coefficient (Wildman–Crippen LogP) is 12.1. The van der Waals surface area contributed by atoms with Gasteiger partial charge in [-0.1, -0.05) is 143 Å². The van der Waals surface area contributed by atoms with Gasteiger partial charge < -0.3 is 19.7 Å². The summed E-state index contributed by atoms with van der Waals surface area (Å²) in [5, 5.41) is 22.4. The highest BCUT2D eigenvalue weighted by Gasteiger charge is 2.28. The summed E-state index contributed by atoms with van der Waals surface area (Å²) in [5.74, 6) is 2.13. The Kier molecular flexibility index (Phi) is 14.1. The van der Waals surface area contributed by atoms with E-state index < -0.39 is 0 Å². The van der Waals surface area contributed by atoms with Gasteiger partial charge in [-0.2, -0.15) is 11.8 Å². The number of phenolic OH excluding ortho intramolecular Hbond substituents is 2. The summed E-state index contributed by atoms with van der Waals surface area (Å²) in [6.07, 6.45) is 1.52. The molecule has 4 rings (SSSR count). The zero-order valence-electron chi connectivity index (χ0n) is 37.0. The number of rotatable bonds is 12. The van der Waals surface area contributed by atoms with Crippen LogP contribution in [0.1, 0.15) is 152 Å². The molecule has 0 aliphatic rings. The van der Waals surface area contributed by atoms with Crippen molar-refractivity contribution in [3.63, 3.8) is 0 Å². The number of hydrogen-bond acceptors (Lipinski definition) is 7. The zero-order valence-corrected chi connectivity index (χ0v) is 37.8.